The smallest absolute Gasteiger partial charge is 0.358 e. The van der Waals surface area contributed by atoms with E-state index in [2.05, 4.69) is 19.0 Å². The number of aryl methyl sites for hydroxylation is 1. The maximum atomic E-state index is 10.9. The van der Waals surface area contributed by atoms with Gasteiger partial charge in [0.1, 0.15) is 5.76 Å². The van der Waals surface area contributed by atoms with E-state index in [-0.39, 0.29) is 5.69 Å². The molecule has 1 heterocycles. The summed E-state index contributed by atoms with van der Waals surface area (Å²) >= 11 is 0. The quantitative estimate of drug-likeness (QED) is 0.810. The number of aromatic carboxylic acids is 1. The van der Waals surface area contributed by atoms with Crippen molar-refractivity contribution in [2.24, 2.45) is 11.8 Å². The first-order valence-electron chi connectivity index (χ1n) is 5.30. The summed E-state index contributed by atoms with van der Waals surface area (Å²) in [7, 11) is 0. The highest BCUT2D eigenvalue weighted by Crippen LogP contribution is 2.31. The van der Waals surface area contributed by atoms with Crippen molar-refractivity contribution in [2.45, 2.75) is 33.1 Å². The van der Waals surface area contributed by atoms with Gasteiger partial charge in [-0.05, 0) is 24.7 Å². The third-order valence-corrected chi connectivity index (χ3v) is 3.22. The molecule has 0 unspecified atom stereocenters. The maximum Gasteiger partial charge on any atom is 0.358 e. The first kappa shape index (κ1) is 10.2. The van der Waals surface area contributed by atoms with Crippen LogP contribution in [0.25, 0.3) is 0 Å². The van der Waals surface area contributed by atoms with E-state index < -0.39 is 5.97 Å². The summed E-state index contributed by atoms with van der Waals surface area (Å²) < 4.78 is 5.05. The molecule has 0 fully saturated rings. The number of hydrogen-bond donors (Lipinski definition) is 1. The second-order valence-electron chi connectivity index (χ2n) is 4.48. The van der Waals surface area contributed by atoms with Crippen LogP contribution in [0.2, 0.25) is 0 Å². The Hall–Kier alpha value is -1.32. The maximum absolute atomic E-state index is 10.9. The van der Waals surface area contributed by atoms with Crippen molar-refractivity contribution < 1.29 is 14.4 Å². The van der Waals surface area contributed by atoms with E-state index in [1.165, 1.54) is 0 Å². The van der Waals surface area contributed by atoms with E-state index in [9.17, 15) is 4.79 Å². The van der Waals surface area contributed by atoms with Crippen LogP contribution in [0.4, 0.5) is 0 Å². The summed E-state index contributed by atoms with van der Waals surface area (Å²) in [5, 5.41) is 12.5. The van der Waals surface area contributed by atoms with Gasteiger partial charge in [0.15, 0.2) is 5.69 Å². The van der Waals surface area contributed by atoms with Crippen molar-refractivity contribution in [1.29, 1.82) is 0 Å². The van der Waals surface area contributed by atoms with Gasteiger partial charge in [-0.1, -0.05) is 19.0 Å². The Balaban J connectivity index is 2.30. The van der Waals surface area contributed by atoms with Crippen LogP contribution >= 0.6 is 0 Å². The molecule has 4 heteroatoms. The van der Waals surface area contributed by atoms with E-state index in [1.54, 1.807) is 0 Å². The van der Waals surface area contributed by atoms with E-state index in [1.807, 2.05) is 0 Å². The lowest BCUT2D eigenvalue weighted by molar-refractivity contribution is 0.0684. The van der Waals surface area contributed by atoms with Gasteiger partial charge in [-0.15, -0.1) is 0 Å². The Morgan fingerprint density at radius 1 is 1.60 bits per heavy atom. The first-order chi connectivity index (χ1) is 7.09. The molecule has 0 spiro atoms. The lowest BCUT2D eigenvalue weighted by Gasteiger charge is -2.24. The van der Waals surface area contributed by atoms with Gasteiger partial charge in [-0.25, -0.2) is 4.79 Å². The second kappa shape index (κ2) is 3.68. The van der Waals surface area contributed by atoms with Crippen molar-refractivity contribution in [3.63, 3.8) is 0 Å². The largest absolute Gasteiger partial charge is 0.476 e. The van der Waals surface area contributed by atoms with Crippen molar-refractivity contribution in [3.05, 3.63) is 17.0 Å². The summed E-state index contributed by atoms with van der Waals surface area (Å²) in [6.45, 7) is 4.34. The third-order valence-electron chi connectivity index (χ3n) is 3.22. The molecule has 1 atom stereocenters. The lowest BCUT2D eigenvalue weighted by atomic mass is 9.80. The molecule has 1 aromatic rings. The molecule has 0 amide bonds. The summed E-state index contributed by atoms with van der Waals surface area (Å²) in [6.07, 6.45) is 2.68. The molecule has 0 saturated carbocycles. The van der Waals surface area contributed by atoms with Crippen LogP contribution in [-0.2, 0) is 12.8 Å². The Morgan fingerprint density at radius 2 is 2.33 bits per heavy atom. The number of nitrogens with zero attached hydrogens (tertiary/aromatic N) is 1. The molecule has 1 aliphatic carbocycles. The predicted octanol–water partition coefficient (Wildman–Crippen LogP) is 2.13. The zero-order valence-corrected chi connectivity index (χ0v) is 8.99. The van der Waals surface area contributed by atoms with Crippen LogP contribution in [-0.4, -0.2) is 16.2 Å². The normalized spacial score (nSPS) is 20.3. The van der Waals surface area contributed by atoms with Gasteiger partial charge in [0.05, 0.1) is 0 Å². The minimum atomic E-state index is -0.982. The number of hydrogen-bond acceptors (Lipinski definition) is 3. The summed E-state index contributed by atoms with van der Waals surface area (Å²) in [5.41, 5.74) is 0.919. The molecule has 0 aliphatic heterocycles. The topological polar surface area (TPSA) is 63.3 Å². The van der Waals surface area contributed by atoms with Crippen LogP contribution in [0, 0.1) is 11.8 Å². The molecule has 1 aliphatic rings. The highest BCUT2D eigenvalue weighted by atomic mass is 16.5. The van der Waals surface area contributed by atoms with Gasteiger partial charge in [0.2, 0.25) is 0 Å². The number of carboxylic acids is 1. The molecule has 82 valence electrons. The van der Waals surface area contributed by atoms with Crippen molar-refractivity contribution >= 4 is 5.97 Å². The zero-order valence-electron chi connectivity index (χ0n) is 8.99. The Morgan fingerprint density at radius 3 is 2.93 bits per heavy atom. The van der Waals surface area contributed by atoms with Crippen LogP contribution in [0.5, 0.6) is 0 Å². The Labute approximate surface area is 88.3 Å². The number of rotatable bonds is 2. The van der Waals surface area contributed by atoms with E-state index in [0.29, 0.717) is 11.8 Å². The molecule has 0 radical (unpaired) electrons. The standard InChI is InChI=1S/C11H15NO3/c1-6(2)7-3-4-9-8(5-7)10(11(13)14)12-15-9/h6-7H,3-5H2,1-2H3,(H,13,14)/t7-/m1/s1. The van der Waals surface area contributed by atoms with Gasteiger partial charge in [0.25, 0.3) is 0 Å². The molecule has 1 N–H and O–H groups in total. The van der Waals surface area contributed by atoms with Crippen LogP contribution in [0.3, 0.4) is 0 Å². The number of carboxylic acid groups (broad SMARTS) is 1. The fourth-order valence-electron chi connectivity index (χ4n) is 2.17. The molecular formula is C11H15NO3. The zero-order chi connectivity index (χ0) is 11.0. The third kappa shape index (κ3) is 1.76. The van der Waals surface area contributed by atoms with Gasteiger partial charge in [-0.3, -0.25) is 0 Å². The SMILES string of the molecule is CC(C)[C@@H]1CCc2onc(C(=O)O)c2C1. The second-order valence-corrected chi connectivity index (χ2v) is 4.48. The molecule has 0 aromatic carbocycles. The molecule has 15 heavy (non-hydrogen) atoms. The molecule has 0 bridgehead atoms. The van der Waals surface area contributed by atoms with E-state index >= 15 is 0 Å². The van der Waals surface area contributed by atoms with Crippen LogP contribution in [0.1, 0.15) is 42.1 Å². The molecule has 2 rings (SSSR count). The van der Waals surface area contributed by atoms with Gasteiger partial charge in [0, 0.05) is 12.0 Å². The lowest BCUT2D eigenvalue weighted by Crippen LogP contribution is -2.19. The highest BCUT2D eigenvalue weighted by Gasteiger charge is 2.29. The van der Waals surface area contributed by atoms with E-state index in [0.717, 1.165) is 30.6 Å². The summed E-state index contributed by atoms with van der Waals surface area (Å²) in [6, 6.07) is 0. The van der Waals surface area contributed by atoms with E-state index in [4.69, 9.17) is 9.63 Å². The van der Waals surface area contributed by atoms with Crippen LogP contribution < -0.4 is 0 Å². The van der Waals surface area contributed by atoms with Crippen molar-refractivity contribution in [1.82, 2.24) is 5.16 Å². The fourth-order valence-corrected chi connectivity index (χ4v) is 2.17. The monoisotopic (exact) mass is 209 g/mol. The summed E-state index contributed by atoms with van der Waals surface area (Å²) in [4.78, 5) is 10.9. The molecule has 1 aromatic heterocycles. The minimum absolute atomic E-state index is 0.107. The minimum Gasteiger partial charge on any atom is -0.476 e. The average molecular weight is 209 g/mol. The Bertz CT molecular complexity index is 381. The van der Waals surface area contributed by atoms with Crippen molar-refractivity contribution in [3.8, 4) is 0 Å². The van der Waals surface area contributed by atoms with Gasteiger partial charge >= 0.3 is 5.97 Å². The van der Waals surface area contributed by atoms with Gasteiger partial charge < -0.3 is 9.63 Å². The van der Waals surface area contributed by atoms with Gasteiger partial charge in [-0.2, -0.15) is 0 Å². The first-order valence-corrected chi connectivity index (χ1v) is 5.30. The summed E-state index contributed by atoms with van der Waals surface area (Å²) in [5.74, 6) is 0.915. The molecular weight excluding hydrogens is 194 g/mol. The Kier molecular flexibility index (Phi) is 2.50. The average Bonchev–Trinajstić information content (AvgIpc) is 2.59. The number of fused-ring (bicyclic) bond motifs is 1. The number of carbonyl (C=O) groups is 1. The molecule has 0 saturated heterocycles. The van der Waals surface area contributed by atoms with Crippen LogP contribution in [0.15, 0.2) is 4.52 Å². The fraction of sp³-hybridized carbons (Fsp3) is 0.636. The molecule has 4 nitrogen and oxygen atoms in total. The highest BCUT2D eigenvalue weighted by molar-refractivity contribution is 5.87. The number of aromatic nitrogens is 1. The van der Waals surface area contributed by atoms with Crippen molar-refractivity contribution in [2.75, 3.05) is 0 Å². The predicted molar refractivity (Wildman–Crippen MR) is 53.8 cm³/mol.